The average Bonchev–Trinajstić information content (AvgIpc) is 2.84. The Kier molecular flexibility index (Phi) is 6.17. The second kappa shape index (κ2) is 8.33. The topological polar surface area (TPSA) is 85.8 Å². The van der Waals surface area contributed by atoms with Crippen molar-refractivity contribution >= 4 is 17.9 Å². The first kappa shape index (κ1) is 17.8. The molecule has 0 saturated carbocycles. The van der Waals surface area contributed by atoms with Crippen LogP contribution in [0.4, 0.5) is 4.79 Å². The minimum Gasteiger partial charge on any atom is -0.356 e. The molecule has 0 atom stereocenters. The van der Waals surface area contributed by atoms with Gasteiger partial charge in [0.15, 0.2) is 5.96 Å². The maximum absolute atomic E-state index is 11.5. The van der Waals surface area contributed by atoms with E-state index >= 15 is 0 Å². The van der Waals surface area contributed by atoms with Crippen molar-refractivity contribution in [3.63, 3.8) is 0 Å². The van der Waals surface area contributed by atoms with Crippen molar-refractivity contribution in [1.29, 1.82) is 0 Å². The molecule has 24 heavy (non-hydrogen) atoms. The Labute approximate surface area is 142 Å². The third kappa shape index (κ3) is 4.97. The van der Waals surface area contributed by atoms with Gasteiger partial charge in [-0.1, -0.05) is 29.3 Å². The molecule has 1 saturated heterocycles. The number of guanidine groups is 1. The Balaban J connectivity index is 1.72. The van der Waals surface area contributed by atoms with Crippen LogP contribution in [0.25, 0.3) is 0 Å². The van der Waals surface area contributed by atoms with E-state index in [1.165, 1.54) is 21.6 Å². The summed E-state index contributed by atoms with van der Waals surface area (Å²) in [5.41, 5.74) is 3.82. The summed E-state index contributed by atoms with van der Waals surface area (Å²) >= 11 is 0. The Morgan fingerprint density at radius 1 is 1.17 bits per heavy atom. The molecule has 0 spiro atoms. The maximum atomic E-state index is 11.5. The number of hydrogen-bond donors (Lipinski definition) is 3. The number of nitrogens with one attached hydrogen (secondary N) is 3. The summed E-state index contributed by atoms with van der Waals surface area (Å²) in [4.78, 5) is 28.3. The number of hydrogen-bond acceptors (Lipinski definition) is 3. The van der Waals surface area contributed by atoms with Gasteiger partial charge in [0.2, 0.25) is 5.91 Å². The fourth-order valence-corrected chi connectivity index (χ4v) is 2.73. The van der Waals surface area contributed by atoms with Gasteiger partial charge in [0.25, 0.3) is 0 Å². The van der Waals surface area contributed by atoms with E-state index in [1.54, 1.807) is 7.05 Å². The molecule has 0 aliphatic carbocycles. The van der Waals surface area contributed by atoms with Crippen LogP contribution >= 0.6 is 0 Å². The number of carbonyl (C=O) groups is 2. The third-order valence-electron chi connectivity index (χ3n) is 3.78. The van der Waals surface area contributed by atoms with Crippen LogP contribution in [-0.2, 0) is 11.2 Å². The van der Waals surface area contributed by atoms with Gasteiger partial charge in [0.1, 0.15) is 0 Å². The van der Waals surface area contributed by atoms with Gasteiger partial charge in [0.05, 0.1) is 6.54 Å². The second-order valence-corrected chi connectivity index (χ2v) is 5.88. The van der Waals surface area contributed by atoms with E-state index in [9.17, 15) is 9.59 Å². The Hall–Kier alpha value is -2.57. The first-order valence-electron chi connectivity index (χ1n) is 8.09. The second-order valence-electron chi connectivity index (χ2n) is 5.88. The highest BCUT2D eigenvalue weighted by molar-refractivity contribution is 6.01. The van der Waals surface area contributed by atoms with E-state index in [-0.39, 0.29) is 18.5 Å². The van der Waals surface area contributed by atoms with Crippen LogP contribution in [-0.4, -0.2) is 56.0 Å². The molecule has 3 N–H and O–H groups in total. The summed E-state index contributed by atoms with van der Waals surface area (Å²) in [6, 6.07) is 6.19. The molecule has 0 unspecified atom stereocenters. The molecule has 1 aliphatic rings. The Morgan fingerprint density at radius 3 is 2.42 bits per heavy atom. The lowest BCUT2D eigenvalue weighted by molar-refractivity contribution is -0.124. The number of rotatable bonds is 6. The summed E-state index contributed by atoms with van der Waals surface area (Å²) < 4.78 is 0. The number of aryl methyl sites for hydroxylation is 2. The number of nitrogens with zero attached hydrogens (tertiary/aromatic N) is 2. The standard InChI is InChI=1S/C17H25N5O2/c1-12-8-13(2)10-14(9-12)4-5-19-16(18-3)20-6-7-22-15(23)11-21-17(22)24/h8-10H,4-7,11H2,1-3H3,(H,21,24)(H2,18,19,20). The van der Waals surface area contributed by atoms with E-state index in [0.29, 0.717) is 19.0 Å². The molecule has 1 aromatic carbocycles. The first-order valence-corrected chi connectivity index (χ1v) is 8.09. The fraction of sp³-hybridized carbons (Fsp3) is 0.471. The predicted molar refractivity (Wildman–Crippen MR) is 94.1 cm³/mol. The number of amides is 3. The zero-order chi connectivity index (χ0) is 17.5. The van der Waals surface area contributed by atoms with Crippen molar-refractivity contribution in [2.75, 3.05) is 33.2 Å². The normalized spacial score (nSPS) is 14.8. The largest absolute Gasteiger partial charge is 0.356 e. The van der Waals surface area contributed by atoms with Gasteiger partial charge >= 0.3 is 6.03 Å². The van der Waals surface area contributed by atoms with Crippen LogP contribution in [0.5, 0.6) is 0 Å². The van der Waals surface area contributed by atoms with Gasteiger partial charge < -0.3 is 16.0 Å². The Morgan fingerprint density at radius 2 is 1.83 bits per heavy atom. The van der Waals surface area contributed by atoms with Gasteiger partial charge in [-0.2, -0.15) is 0 Å². The lowest BCUT2D eigenvalue weighted by atomic mass is 10.1. The molecule has 130 valence electrons. The van der Waals surface area contributed by atoms with Crippen molar-refractivity contribution in [1.82, 2.24) is 20.9 Å². The van der Waals surface area contributed by atoms with Crippen LogP contribution in [0.3, 0.4) is 0 Å². The SMILES string of the molecule is CN=C(NCCc1cc(C)cc(C)c1)NCCN1C(=O)CNC1=O. The molecule has 1 heterocycles. The highest BCUT2D eigenvalue weighted by Crippen LogP contribution is 2.08. The van der Waals surface area contributed by atoms with E-state index in [4.69, 9.17) is 0 Å². The van der Waals surface area contributed by atoms with Crippen LogP contribution < -0.4 is 16.0 Å². The zero-order valence-corrected chi connectivity index (χ0v) is 14.5. The van der Waals surface area contributed by atoms with E-state index < -0.39 is 0 Å². The monoisotopic (exact) mass is 331 g/mol. The van der Waals surface area contributed by atoms with Crippen LogP contribution in [0, 0.1) is 13.8 Å². The molecule has 7 nitrogen and oxygen atoms in total. The van der Waals surface area contributed by atoms with Crippen LogP contribution in [0.15, 0.2) is 23.2 Å². The van der Waals surface area contributed by atoms with Crippen molar-refractivity contribution in [2.45, 2.75) is 20.3 Å². The van der Waals surface area contributed by atoms with Gasteiger partial charge in [-0.3, -0.25) is 14.7 Å². The van der Waals surface area contributed by atoms with Gasteiger partial charge in [-0.05, 0) is 25.8 Å². The summed E-state index contributed by atoms with van der Waals surface area (Å²) in [5, 5.41) is 8.85. The highest BCUT2D eigenvalue weighted by Gasteiger charge is 2.27. The molecule has 1 fully saturated rings. The van der Waals surface area contributed by atoms with Crippen molar-refractivity contribution < 1.29 is 9.59 Å². The number of urea groups is 1. The quantitative estimate of drug-likeness (QED) is 0.404. The molecule has 0 radical (unpaired) electrons. The molecule has 7 heteroatoms. The molecular formula is C17H25N5O2. The van der Waals surface area contributed by atoms with Crippen molar-refractivity contribution in [3.05, 3.63) is 34.9 Å². The molecule has 1 aromatic rings. The molecular weight excluding hydrogens is 306 g/mol. The van der Waals surface area contributed by atoms with E-state index in [0.717, 1.165) is 13.0 Å². The van der Waals surface area contributed by atoms with Gasteiger partial charge in [-0.25, -0.2) is 4.79 Å². The lowest BCUT2D eigenvalue weighted by Crippen LogP contribution is -2.43. The summed E-state index contributed by atoms with van der Waals surface area (Å²) in [7, 11) is 1.69. The van der Waals surface area contributed by atoms with Crippen molar-refractivity contribution in [2.24, 2.45) is 4.99 Å². The number of carbonyl (C=O) groups excluding carboxylic acids is 2. The summed E-state index contributed by atoms with van der Waals surface area (Å²) in [5.74, 6) is 0.464. The minimum absolute atomic E-state index is 0.0850. The first-order chi connectivity index (χ1) is 11.5. The highest BCUT2D eigenvalue weighted by atomic mass is 16.2. The smallest absolute Gasteiger partial charge is 0.324 e. The molecule has 1 aliphatic heterocycles. The lowest BCUT2D eigenvalue weighted by Gasteiger charge is -2.15. The molecule has 2 rings (SSSR count). The summed E-state index contributed by atoms with van der Waals surface area (Å²) in [6.45, 7) is 5.82. The maximum Gasteiger partial charge on any atom is 0.324 e. The van der Waals surface area contributed by atoms with E-state index in [2.05, 4.69) is 53.0 Å². The third-order valence-corrected chi connectivity index (χ3v) is 3.78. The number of aliphatic imine (C=N–C) groups is 1. The Bertz CT molecular complexity index is 606. The fourth-order valence-electron chi connectivity index (χ4n) is 2.73. The van der Waals surface area contributed by atoms with Crippen LogP contribution in [0.2, 0.25) is 0 Å². The predicted octanol–water partition coefficient (Wildman–Crippen LogP) is 0.563. The van der Waals surface area contributed by atoms with Crippen molar-refractivity contribution in [3.8, 4) is 0 Å². The molecule has 0 aromatic heterocycles. The molecule has 3 amide bonds. The minimum atomic E-state index is -0.334. The number of benzene rings is 1. The average molecular weight is 331 g/mol. The van der Waals surface area contributed by atoms with Crippen LogP contribution in [0.1, 0.15) is 16.7 Å². The summed E-state index contributed by atoms with van der Waals surface area (Å²) in [6.07, 6.45) is 0.899. The van der Waals surface area contributed by atoms with Gasteiger partial charge in [-0.15, -0.1) is 0 Å². The zero-order valence-electron chi connectivity index (χ0n) is 14.5. The van der Waals surface area contributed by atoms with E-state index in [1.807, 2.05) is 0 Å². The molecule has 0 bridgehead atoms. The number of imide groups is 1. The van der Waals surface area contributed by atoms with Gasteiger partial charge in [0, 0.05) is 26.7 Å².